The molecule has 1 amide bonds. The molecule has 0 bridgehead atoms. The number of aryl methyl sites for hydroxylation is 1. The summed E-state index contributed by atoms with van der Waals surface area (Å²) in [5.41, 5.74) is 2.01. The molecule has 3 N–H and O–H groups in total. The van der Waals surface area contributed by atoms with Crippen LogP contribution in [0.15, 0.2) is 24.3 Å². The zero-order chi connectivity index (χ0) is 14.7. The van der Waals surface area contributed by atoms with Gasteiger partial charge in [0.05, 0.1) is 6.04 Å². The smallest absolute Gasteiger partial charge is 0.241 e. The summed E-state index contributed by atoms with van der Waals surface area (Å²) in [6.07, 6.45) is 5.29. The molecule has 1 heterocycles. The minimum Gasteiger partial charge on any atom is -0.396 e. The Hall–Kier alpha value is -1.39. The molecule has 3 atom stereocenters. The van der Waals surface area contributed by atoms with Gasteiger partial charge in [-0.05, 0) is 61.8 Å². The van der Waals surface area contributed by atoms with Crippen LogP contribution in [0.4, 0.5) is 5.69 Å². The predicted octanol–water partition coefficient (Wildman–Crippen LogP) is 1.94. The number of aliphatic hydroxyl groups excluding tert-OH is 1. The molecule has 2 fully saturated rings. The number of hydrogen-bond acceptors (Lipinski definition) is 3. The van der Waals surface area contributed by atoms with Gasteiger partial charge in [-0.1, -0.05) is 18.6 Å². The largest absolute Gasteiger partial charge is 0.396 e. The number of benzene rings is 1. The Morgan fingerprint density at radius 2 is 2.29 bits per heavy atom. The predicted molar refractivity (Wildman–Crippen MR) is 83.1 cm³/mol. The highest BCUT2D eigenvalue weighted by atomic mass is 16.2. The molecule has 1 saturated heterocycles. The molecule has 4 nitrogen and oxygen atoms in total. The molecule has 3 unspecified atom stereocenters. The number of rotatable bonds is 5. The fourth-order valence-corrected chi connectivity index (χ4v) is 3.78. The van der Waals surface area contributed by atoms with E-state index in [1.165, 1.54) is 19.3 Å². The summed E-state index contributed by atoms with van der Waals surface area (Å²) in [7, 11) is 0. The topological polar surface area (TPSA) is 61.4 Å². The van der Waals surface area contributed by atoms with E-state index in [1.54, 1.807) is 0 Å². The third-order valence-electron chi connectivity index (χ3n) is 4.85. The van der Waals surface area contributed by atoms with Crippen LogP contribution in [0.1, 0.15) is 31.2 Å². The molecule has 3 rings (SSSR count). The number of carbonyl (C=O) groups is 1. The Morgan fingerprint density at radius 3 is 3.14 bits per heavy atom. The molecular weight excluding hydrogens is 264 g/mol. The number of fused-ring (bicyclic) bond motifs is 1. The van der Waals surface area contributed by atoms with Crippen molar-refractivity contribution >= 4 is 11.6 Å². The van der Waals surface area contributed by atoms with Gasteiger partial charge in [0, 0.05) is 12.3 Å². The van der Waals surface area contributed by atoms with Gasteiger partial charge in [-0.25, -0.2) is 0 Å². The summed E-state index contributed by atoms with van der Waals surface area (Å²) in [5.74, 6) is 1.31. The van der Waals surface area contributed by atoms with Gasteiger partial charge in [-0.2, -0.15) is 0 Å². The van der Waals surface area contributed by atoms with Crippen LogP contribution in [0.3, 0.4) is 0 Å². The Morgan fingerprint density at radius 1 is 1.38 bits per heavy atom. The second-order valence-corrected chi connectivity index (χ2v) is 6.26. The lowest BCUT2D eigenvalue weighted by Gasteiger charge is -2.18. The lowest BCUT2D eigenvalue weighted by Crippen LogP contribution is -2.39. The quantitative estimate of drug-likeness (QED) is 0.776. The first-order valence-electron chi connectivity index (χ1n) is 8.02. The average Bonchev–Trinajstić information content (AvgIpc) is 3.08. The first-order valence-corrected chi connectivity index (χ1v) is 8.02. The van der Waals surface area contributed by atoms with E-state index in [0.717, 1.165) is 30.6 Å². The van der Waals surface area contributed by atoms with Gasteiger partial charge in [0.2, 0.25) is 5.91 Å². The normalized spacial score (nSPS) is 27.6. The van der Waals surface area contributed by atoms with E-state index >= 15 is 0 Å². The van der Waals surface area contributed by atoms with Crippen molar-refractivity contribution in [3.63, 3.8) is 0 Å². The fourth-order valence-electron chi connectivity index (χ4n) is 3.78. The zero-order valence-corrected chi connectivity index (χ0v) is 12.3. The van der Waals surface area contributed by atoms with Gasteiger partial charge < -0.3 is 15.7 Å². The summed E-state index contributed by atoms with van der Waals surface area (Å²) < 4.78 is 0. The van der Waals surface area contributed by atoms with Crippen LogP contribution >= 0.6 is 0 Å². The SMILES string of the molecule is O=C(Nc1cccc(CCCO)c1)C1NCC2CCCC21. The lowest BCUT2D eigenvalue weighted by molar-refractivity contribution is -0.118. The third-order valence-corrected chi connectivity index (χ3v) is 4.85. The van der Waals surface area contributed by atoms with Gasteiger partial charge >= 0.3 is 0 Å². The summed E-state index contributed by atoms with van der Waals surface area (Å²) in [6, 6.07) is 7.91. The van der Waals surface area contributed by atoms with Crippen molar-refractivity contribution in [1.82, 2.24) is 5.32 Å². The number of amides is 1. The van der Waals surface area contributed by atoms with Crippen molar-refractivity contribution in [2.75, 3.05) is 18.5 Å². The summed E-state index contributed by atoms with van der Waals surface area (Å²) in [5, 5.41) is 15.3. The molecule has 4 heteroatoms. The van der Waals surface area contributed by atoms with E-state index < -0.39 is 0 Å². The van der Waals surface area contributed by atoms with Gasteiger partial charge in [0.1, 0.15) is 0 Å². The maximum absolute atomic E-state index is 12.5. The first kappa shape index (κ1) is 14.5. The van der Waals surface area contributed by atoms with Crippen molar-refractivity contribution in [3.05, 3.63) is 29.8 Å². The summed E-state index contributed by atoms with van der Waals surface area (Å²) in [4.78, 5) is 12.5. The van der Waals surface area contributed by atoms with Gasteiger partial charge in [-0.15, -0.1) is 0 Å². The Balaban J connectivity index is 1.62. The van der Waals surface area contributed by atoms with Crippen LogP contribution in [0, 0.1) is 11.8 Å². The molecule has 1 aromatic rings. The molecule has 1 aliphatic carbocycles. The van der Waals surface area contributed by atoms with Gasteiger partial charge in [0.25, 0.3) is 0 Å². The minimum absolute atomic E-state index is 0.0291. The summed E-state index contributed by atoms with van der Waals surface area (Å²) >= 11 is 0. The van der Waals surface area contributed by atoms with Crippen LogP contribution in [-0.4, -0.2) is 30.2 Å². The Labute approximate surface area is 125 Å². The van der Waals surface area contributed by atoms with E-state index in [-0.39, 0.29) is 18.6 Å². The maximum Gasteiger partial charge on any atom is 0.241 e. The van der Waals surface area contributed by atoms with E-state index in [9.17, 15) is 4.79 Å². The van der Waals surface area contributed by atoms with Gasteiger partial charge in [-0.3, -0.25) is 4.79 Å². The molecule has 1 aliphatic heterocycles. The van der Waals surface area contributed by atoms with Crippen molar-refractivity contribution in [1.29, 1.82) is 0 Å². The molecule has 0 spiro atoms. The van der Waals surface area contributed by atoms with E-state index in [0.29, 0.717) is 11.8 Å². The number of nitrogens with one attached hydrogen (secondary N) is 2. The number of aliphatic hydroxyl groups is 1. The number of hydrogen-bond donors (Lipinski definition) is 3. The van der Waals surface area contributed by atoms with Gasteiger partial charge in [0.15, 0.2) is 0 Å². The number of carbonyl (C=O) groups excluding carboxylic acids is 1. The molecule has 21 heavy (non-hydrogen) atoms. The van der Waals surface area contributed by atoms with E-state index in [1.807, 2.05) is 24.3 Å². The number of anilines is 1. The highest BCUT2D eigenvalue weighted by Gasteiger charge is 2.42. The van der Waals surface area contributed by atoms with E-state index in [4.69, 9.17) is 5.11 Å². The average molecular weight is 288 g/mol. The van der Waals surface area contributed by atoms with Crippen LogP contribution in [-0.2, 0) is 11.2 Å². The molecule has 114 valence electrons. The highest BCUT2D eigenvalue weighted by molar-refractivity contribution is 5.95. The highest BCUT2D eigenvalue weighted by Crippen LogP contribution is 2.37. The molecular formula is C17H24N2O2. The van der Waals surface area contributed by atoms with Crippen molar-refractivity contribution < 1.29 is 9.90 Å². The standard InChI is InChI=1S/C17H24N2O2/c20-9-3-5-12-4-1-7-14(10-12)19-17(21)16-15-8-2-6-13(15)11-18-16/h1,4,7,10,13,15-16,18,20H,2-3,5-6,8-9,11H2,(H,19,21). The lowest BCUT2D eigenvalue weighted by atomic mass is 9.93. The maximum atomic E-state index is 12.5. The molecule has 0 aromatic heterocycles. The second-order valence-electron chi connectivity index (χ2n) is 6.26. The van der Waals surface area contributed by atoms with Crippen LogP contribution < -0.4 is 10.6 Å². The van der Waals surface area contributed by atoms with Crippen LogP contribution in [0.25, 0.3) is 0 Å². The van der Waals surface area contributed by atoms with E-state index in [2.05, 4.69) is 10.6 Å². The summed E-state index contributed by atoms with van der Waals surface area (Å²) in [6.45, 7) is 1.19. The molecule has 1 saturated carbocycles. The van der Waals surface area contributed by atoms with Crippen LogP contribution in [0.5, 0.6) is 0 Å². The Bertz CT molecular complexity index is 503. The van der Waals surface area contributed by atoms with Crippen molar-refractivity contribution in [2.45, 2.75) is 38.1 Å². The molecule has 1 aromatic carbocycles. The fraction of sp³-hybridized carbons (Fsp3) is 0.588. The minimum atomic E-state index is -0.0291. The molecule has 0 radical (unpaired) electrons. The second kappa shape index (κ2) is 6.58. The van der Waals surface area contributed by atoms with Crippen molar-refractivity contribution in [2.24, 2.45) is 11.8 Å². The third kappa shape index (κ3) is 3.27. The van der Waals surface area contributed by atoms with Crippen LogP contribution in [0.2, 0.25) is 0 Å². The zero-order valence-electron chi connectivity index (χ0n) is 12.3. The Kier molecular flexibility index (Phi) is 4.56. The first-order chi connectivity index (χ1) is 10.3. The molecule has 2 aliphatic rings. The monoisotopic (exact) mass is 288 g/mol. The van der Waals surface area contributed by atoms with Crippen molar-refractivity contribution in [3.8, 4) is 0 Å².